The van der Waals surface area contributed by atoms with Crippen molar-refractivity contribution < 1.29 is 9.53 Å². The number of ether oxygens (including phenoxy) is 1. The molecule has 1 aliphatic rings. The second-order valence-corrected chi connectivity index (χ2v) is 6.34. The van der Waals surface area contributed by atoms with Crippen LogP contribution in [0.5, 0.6) is 0 Å². The number of rotatable bonds is 7. The molecule has 4 heteroatoms. The number of aryl methyl sites for hydroxylation is 1. The van der Waals surface area contributed by atoms with Gasteiger partial charge in [0.2, 0.25) is 0 Å². The van der Waals surface area contributed by atoms with E-state index < -0.39 is 5.54 Å². The smallest absolute Gasteiger partial charge is 0.327 e. The van der Waals surface area contributed by atoms with Gasteiger partial charge < -0.3 is 10.1 Å². The van der Waals surface area contributed by atoms with E-state index in [1.54, 1.807) is 11.8 Å². The van der Waals surface area contributed by atoms with E-state index >= 15 is 0 Å². The Morgan fingerprint density at radius 3 is 2.70 bits per heavy atom. The topological polar surface area (TPSA) is 38.3 Å². The SMILES string of the molecule is CCNC(CSc1ccccc1C)(C(=O)OC)C1CC1. The molecule has 1 atom stereocenters. The van der Waals surface area contributed by atoms with Crippen molar-refractivity contribution in [3.05, 3.63) is 29.8 Å². The van der Waals surface area contributed by atoms with Gasteiger partial charge in [0.25, 0.3) is 0 Å². The Morgan fingerprint density at radius 2 is 2.15 bits per heavy atom. The second kappa shape index (κ2) is 6.64. The molecule has 1 saturated carbocycles. The largest absolute Gasteiger partial charge is 0.468 e. The van der Waals surface area contributed by atoms with E-state index in [-0.39, 0.29) is 5.97 Å². The number of thioether (sulfide) groups is 1. The van der Waals surface area contributed by atoms with E-state index in [2.05, 4.69) is 24.4 Å². The zero-order chi connectivity index (χ0) is 14.6. The fraction of sp³-hybridized carbons (Fsp3) is 0.562. The lowest BCUT2D eigenvalue weighted by atomic mass is 9.95. The number of hydrogen-bond acceptors (Lipinski definition) is 4. The molecule has 0 spiro atoms. The van der Waals surface area contributed by atoms with Gasteiger partial charge in [-0.15, -0.1) is 11.8 Å². The lowest BCUT2D eigenvalue weighted by molar-refractivity contribution is -0.148. The number of benzene rings is 1. The van der Waals surface area contributed by atoms with Gasteiger partial charge in [0.05, 0.1) is 7.11 Å². The molecule has 0 radical (unpaired) electrons. The minimum atomic E-state index is -0.531. The summed E-state index contributed by atoms with van der Waals surface area (Å²) in [5, 5.41) is 3.40. The maximum absolute atomic E-state index is 12.3. The molecule has 0 saturated heterocycles. The van der Waals surface area contributed by atoms with Crippen LogP contribution in [0.15, 0.2) is 29.2 Å². The second-order valence-electron chi connectivity index (χ2n) is 5.32. The quantitative estimate of drug-likeness (QED) is 0.619. The molecule has 0 aromatic heterocycles. The van der Waals surface area contributed by atoms with E-state index in [9.17, 15) is 4.79 Å². The van der Waals surface area contributed by atoms with Crippen LogP contribution in [0.4, 0.5) is 0 Å². The Labute approximate surface area is 125 Å². The summed E-state index contributed by atoms with van der Waals surface area (Å²) >= 11 is 1.74. The summed E-state index contributed by atoms with van der Waals surface area (Å²) in [6.07, 6.45) is 2.22. The molecule has 1 aromatic rings. The number of esters is 1. The molecule has 1 N–H and O–H groups in total. The van der Waals surface area contributed by atoms with Gasteiger partial charge in [-0.25, -0.2) is 0 Å². The highest BCUT2D eigenvalue weighted by molar-refractivity contribution is 7.99. The van der Waals surface area contributed by atoms with E-state index in [1.165, 1.54) is 17.6 Å². The summed E-state index contributed by atoms with van der Waals surface area (Å²) in [4.78, 5) is 13.5. The fourth-order valence-corrected chi connectivity index (χ4v) is 3.90. The molecule has 3 nitrogen and oxygen atoms in total. The van der Waals surface area contributed by atoms with E-state index in [1.807, 2.05) is 19.1 Å². The molecular weight excluding hydrogens is 270 g/mol. The van der Waals surface area contributed by atoms with E-state index in [0.29, 0.717) is 5.92 Å². The molecule has 1 aliphatic carbocycles. The van der Waals surface area contributed by atoms with Crippen LogP contribution in [0.25, 0.3) is 0 Å². The lowest BCUT2D eigenvalue weighted by Gasteiger charge is -2.31. The maximum Gasteiger partial charge on any atom is 0.327 e. The summed E-state index contributed by atoms with van der Waals surface area (Å²) in [7, 11) is 1.48. The first-order valence-electron chi connectivity index (χ1n) is 7.16. The first kappa shape index (κ1) is 15.4. The predicted octanol–water partition coefficient (Wildman–Crippen LogP) is 3.02. The molecule has 20 heavy (non-hydrogen) atoms. The number of hydrogen-bond donors (Lipinski definition) is 1. The number of methoxy groups -OCH3 is 1. The first-order chi connectivity index (χ1) is 9.64. The average Bonchev–Trinajstić information content (AvgIpc) is 3.29. The summed E-state index contributed by atoms with van der Waals surface area (Å²) < 4.78 is 5.07. The van der Waals surface area contributed by atoms with Crippen molar-refractivity contribution in [3.8, 4) is 0 Å². The Balaban J connectivity index is 2.15. The van der Waals surface area contributed by atoms with Gasteiger partial charge in [0.15, 0.2) is 0 Å². The molecule has 0 bridgehead atoms. The summed E-state index contributed by atoms with van der Waals surface area (Å²) in [5.41, 5.74) is 0.722. The number of carbonyl (C=O) groups excluding carboxylic acids is 1. The number of carbonyl (C=O) groups is 1. The van der Waals surface area contributed by atoms with Crippen molar-refractivity contribution in [1.29, 1.82) is 0 Å². The van der Waals surface area contributed by atoms with Gasteiger partial charge >= 0.3 is 5.97 Å². The van der Waals surface area contributed by atoms with Crippen molar-refractivity contribution in [2.24, 2.45) is 5.92 Å². The van der Waals surface area contributed by atoms with Crippen molar-refractivity contribution >= 4 is 17.7 Å². The molecule has 110 valence electrons. The Kier molecular flexibility index (Phi) is 5.11. The highest BCUT2D eigenvalue weighted by Gasteiger charge is 2.51. The van der Waals surface area contributed by atoms with Crippen LogP contribution < -0.4 is 5.32 Å². The molecular formula is C16H23NO2S. The minimum absolute atomic E-state index is 0.122. The van der Waals surface area contributed by atoms with Crippen LogP contribution >= 0.6 is 11.8 Å². The van der Waals surface area contributed by atoms with Crippen molar-refractivity contribution in [3.63, 3.8) is 0 Å². The normalized spacial score (nSPS) is 17.6. The molecule has 0 aliphatic heterocycles. The molecule has 0 amide bonds. The molecule has 1 fully saturated rings. The Bertz CT molecular complexity index is 473. The van der Waals surface area contributed by atoms with Crippen LogP contribution in [0.3, 0.4) is 0 Å². The summed E-state index contributed by atoms with van der Waals surface area (Å²) in [6.45, 7) is 4.92. The zero-order valence-electron chi connectivity index (χ0n) is 12.4. The standard InChI is InChI=1S/C16H23NO2S/c1-4-17-16(13-9-10-13,15(18)19-3)11-20-14-8-6-5-7-12(14)2/h5-8,13,17H,4,9-11H2,1-3H3. The predicted molar refractivity (Wildman–Crippen MR) is 83.1 cm³/mol. The van der Waals surface area contributed by atoms with Gasteiger partial charge in [-0.05, 0) is 43.9 Å². The molecule has 1 unspecified atom stereocenters. The molecule has 1 aromatic carbocycles. The van der Waals surface area contributed by atoms with Crippen molar-refractivity contribution in [2.45, 2.75) is 37.1 Å². The van der Waals surface area contributed by atoms with E-state index in [4.69, 9.17) is 4.74 Å². The Morgan fingerprint density at radius 1 is 1.45 bits per heavy atom. The van der Waals surface area contributed by atoms with Gasteiger partial charge in [-0.1, -0.05) is 25.1 Å². The lowest BCUT2D eigenvalue weighted by Crippen LogP contribution is -2.56. The van der Waals surface area contributed by atoms with Crippen LogP contribution in [0.1, 0.15) is 25.3 Å². The zero-order valence-corrected chi connectivity index (χ0v) is 13.3. The van der Waals surface area contributed by atoms with Gasteiger partial charge in [-0.3, -0.25) is 4.79 Å². The van der Waals surface area contributed by atoms with Gasteiger partial charge in [-0.2, -0.15) is 0 Å². The average molecular weight is 293 g/mol. The third kappa shape index (κ3) is 3.18. The van der Waals surface area contributed by atoms with Gasteiger partial charge in [0.1, 0.15) is 5.54 Å². The molecule has 0 heterocycles. The number of likely N-dealkylation sites (N-methyl/N-ethyl adjacent to an activating group) is 1. The van der Waals surface area contributed by atoms with E-state index in [0.717, 1.165) is 25.1 Å². The van der Waals surface area contributed by atoms with Crippen molar-refractivity contribution in [2.75, 3.05) is 19.4 Å². The highest BCUT2D eigenvalue weighted by atomic mass is 32.2. The van der Waals surface area contributed by atoms with Crippen LogP contribution in [0, 0.1) is 12.8 Å². The first-order valence-corrected chi connectivity index (χ1v) is 8.14. The third-order valence-electron chi connectivity index (χ3n) is 3.87. The maximum atomic E-state index is 12.3. The van der Waals surface area contributed by atoms with Gasteiger partial charge in [0, 0.05) is 10.6 Å². The summed E-state index contributed by atoms with van der Waals surface area (Å²) in [6, 6.07) is 8.30. The summed E-state index contributed by atoms with van der Waals surface area (Å²) in [5.74, 6) is 1.01. The molecule has 2 rings (SSSR count). The van der Waals surface area contributed by atoms with Crippen molar-refractivity contribution in [1.82, 2.24) is 5.32 Å². The Hall–Kier alpha value is -1.00. The minimum Gasteiger partial charge on any atom is -0.468 e. The third-order valence-corrected chi connectivity index (χ3v) is 5.23. The number of nitrogens with one attached hydrogen (secondary N) is 1. The monoisotopic (exact) mass is 293 g/mol. The van der Waals surface area contributed by atoms with Crippen LogP contribution in [0.2, 0.25) is 0 Å². The highest BCUT2D eigenvalue weighted by Crippen LogP contribution is 2.43. The van der Waals surface area contributed by atoms with Crippen LogP contribution in [-0.2, 0) is 9.53 Å². The van der Waals surface area contributed by atoms with Crippen LogP contribution in [-0.4, -0.2) is 30.9 Å². The fourth-order valence-electron chi connectivity index (χ4n) is 2.59.